The zero-order valence-corrected chi connectivity index (χ0v) is 18.4. The van der Waals surface area contributed by atoms with E-state index in [4.69, 9.17) is 33.5 Å². The molecule has 0 bridgehead atoms. The van der Waals surface area contributed by atoms with Crippen LogP contribution in [0.15, 0.2) is 35.2 Å². The highest BCUT2D eigenvalue weighted by Crippen LogP contribution is 2.35. The van der Waals surface area contributed by atoms with Crippen molar-refractivity contribution in [2.24, 2.45) is 0 Å². The second-order valence-electron chi connectivity index (χ2n) is 7.51. The van der Waals surface area contributed by atoms with Crippen LogP contribution in [0.5, 0.6) is 0 Å². The van der Waals surface area contributed by atoms with Crippen LogP contribution in [-0.2, 0) is 0 Å². The first-order chi connectivity index (χ1) is 15.4. The number of pyridine rings is 1. The number of anilines is 2. The lowest BCUT2D eigenvalue weighted by molar-refractivity contribution is 0.0940. The fourth-order valence-corrected chi connectivity index (χ4v) is 4.28. The van der Waals surface area contributed by atoms with Crippen LogP contribution >= 0.6 is 23.2 Å². The molecule has 3 N–H and O–H groups in total. The van der Waals surface area contributed by atoms with Crippen molar-refractivity contribution in [1.82, 2.24) is 30.2 Å². The largest absolute Gasteiger partial charge is 0.380 e. The van der Waals surface area contributed by atoms with Crippen LogP contribution in [0.2, 0.25) is 10.0 Å². The van der Waals surface area contributed by atoms with Gasteiger partial charge in [0, 0.05) is 25.3 Å². The van der Waals surface area contributed by atoms with E-state index in [0.717, 1.165) is 12.1 Å². The van der Waals surface area contributed by atoms with E-state index in [1.54, 1.807) is 36.1 Å². The van der Waals surface area contributed by atoms with Gasteiger partial charge in [0.1, 0.15) is 12.2 Å². The van der Waals surface area contributed by atoms with Gasteiger partial charge in [-0.15, -0.1) is 0 Å². The fraction of sp³-hybridized carbons (Fsp3) is 0.250. The number of benzene rings is 1. The Bertz CT molecular complexity index is 1330. The molecule has 0 spiro atoms. The highest BCUT2D eigenvalue weighted by molar-refractivity contribution is 6.36. The predicted octanol–water partition coefficient (Wildman–Crippen LogP) is 3.01. The lowest BCUT2D eigenvalue weighted by Gasteiger charge is -2.18. The molecule has 164 valence electrons. The Morgan fingerprint density at radius 1 is 1.28 bits per heavy atom. The molecule has 32 heavy (non-hydrogen) atoms. The second-order valence-corrected chi connectivity index (χ2v) is 8.32. The molecule has 4 aromatic rings. The summed E-state index contributed by atoms with van der Waals surface area (Å²) in [5.74, 6) is 1.21. The molecule has 1 atom stereocenters. The molecule has 1 aliphatic rings. The average molecular weight is 473 g/mol. The van der Waals surface area contributed by atoms with Crippen molar-refractivity contribution in [3.05, 3.63) is 52.2 Å². The van der Waals surface area contributed by atoms with Crippen molar-refractivity contribution < 1.29 is 9.32 Å². The molecule has 0 radical (unpaired) electrons. The summed E-state index contributed by atoms with van der Waals surface area (Å²) in [6, 6.07) is 5.05. The summed E-state index contributed by atoms with van der Waals surface area (Å²) in [5.41, 5.74) is 7.40. The van der Waals surface area contributed by atoms with Crippen molar-refractivity contribution >= 4 is 51.7 Å². The average Bonchev–Trinajstić information content (AvgIpc) is 3.49. The van der Waals surface area contributed by atoms with Crippen molar-refractivity contribution in [2.75, 3.05) is 23.7 Å². The lowest BCUT2D eigenvalue weighted by atomic mass is 10.1. The summed E-state index contributed by atoms with van der Waals surface area (Å²) < 4.78 is 6.95. The van der Waals surface area contributed by atoms with Crippen LogP contribution in [-0.4, -0.2) is 49.9 Å². The Hall–Kier alpha value is -3.37. The molecule has 1 fully saturated rings. The first-order valence-corrected chi connectivity index (χ1v) is 10.6. The standard InChI is InChI=1S/C20H18Cl2N8O2/c1-10-25-9-30(27-10)12-2-3-13(14(21)6-12)20(31)26-11-4-5-29(8-11)19-17-16(15(22)7-24-19)18(23)28-32-17/h2-3,6-7,9,11H,4-5,8H2,1H3,(H2,23,28)(H,26,31). The molecule has 5 rings (SSSR count). The van der Waals surface area contributed by atoms with Crippen LogP contribution < -0.4 is 16.0 Å². The summed E-state index contributed by atoms with van der Waals surface area (Å²) >= 11 is 12.6. The molecular weight excluding hydrogens is 455 g/mol. The number of hydrogen-bond donors (Lipinski definition) is 2. The maximum atomic E-state index is 12.8. The van der Waals surface area contributed by atoms with Gasteiger partial charge >= 0.3 is 0 Å². The topological polar surface area (TPSA) is 128 Å². The quantitative estimate of drug-likeness (QED) is 0.463. The summed E-state index contributed by atoms with van der Waals surface area (Å²) in [4.78, 5) is 23.3. The molecule has 0 saturated carbocycles. The SMILES string of the molecule is Cc1ncn(-c2ccc(C(=O)NC3CCN(c4ncc(Cl)c5c(N)noc45)C3)c(Cl)c2)n1. The van der Waals surface area contributed by atoms with Crippen molar-refractivity contribution in [3.8, 4) is 5.69 Å². The Balaban J connectivity index is 1.30. The van der Waals surface area contributed by atoms with Gasteiger partial charge in [-0.1, -0.05) is 28.4 Å². The number of fused-ring (bicyclic) bond motifs is 1. The summed E-state index contributed by atoms with van der Waals surface area (Å²) in [6.07, 6.45) is 3.85. The number of carbonyl (C=O) groups excluding carboxylic acids is 1. The van der Waals surface area contributed by atoms with E-state index in [0.29, 0.717) is 51.3 Å². The van der Waals surface area contributed by atoms with Gasteiger partial charge in [0.05, 0.1) is 26.7 Å². The zero-order chi connectivity index (χ0) is 22.4. The number of carbonyl (C=O) groups is 1. The minimum absolute atomic E-state index is 0.0935. The molecule has 3 aromatic heterocycles. The number of rotatable bonds is 4. The Morgan fingerprint density at radius 2 is 2.12 bits per heavy atom. The molecule has 12 heteroatoms. The number of nitrogens with one attached hydrogen (secondary N) is 1. The van der Waals surface area contributed by atoms with E-state index in [-0.39, 0.29) is 17.8 Å². The van der Waals surface area contributed by atoms with Gasteiger partial charge in [0.2, 0.25) is 5.58 Å². The Kier molecular flexibility index (Phi) is 5.10. The van der Waals surface area contributed by atoms with Gasteiger partial charge in [-0.3, -0.25) is 4.79 Å². The van der Waals surface area contributed by atoms with E-state index < -0.39 is 0 Å². The summed E-state index contributed by atoms with van der Waals surface area (Å²) in [5, 5.41) is 12.3. The van der Waals surface area contributed by atoms with Gasteiger partial charge < -0.3 is 20.5 Å². The molecule has 1 amide bonds. The number of nitrogens with two attached hydrogens (primary N) is 1. The predicted molar refractivity (Wildman–Crippen MR) is 120 cm³/mol. The smallest absolute Gasteiger partial charge is 0.253 e. The third kappa shape index (κ3) is 3.61. The number of nitrogen functional groups attached to an aromatic ring is 1. The zero-order valence-electron chi connectivity index (χ0n) is 16.9. The van der Waals surface area contributed by atoms with Crippen LogP contribution in [0.1, 0.15) is 22.6 Å². The second kappa shape index (κ2) is 7.95. The van der Waals surface area contributed by atoms with E-state index >= 15 is 0 Å². The van der Waals surface area contributed by atoms with Gasteiger partial charge in [-0.05, 0) is 31.5 Å². The van der Waals surface area contributed by atoms with Crippen molar-refractivity contribution in [1.29, 1.82) is 0 Å². The number of halogens is 2. The summed E-state index contributed by atoms with van der Waals surface area (Å²) in [6.45, 7) is 3.02. The van der Waals surface area contributed by atoms with Crippen LogP contribution in [0.3, 0.4) is 0 Å². The molecule has 0 aliphatic carbocycles. The fourth-order valence-electron chi connectivity index (χ4n) is 3.79. The molecule has 1 saturated heterocycles. The number of aryl methyl sites for hydroxylation is 1. The maximum Gasteiger partial charge on any atom is 0.253 e. The van der Waals surface area contributed by atoms with E-state index in [1.165, 1.54) is 6.20 Å². The normalized spacial score (nSPS) is 16.1. The number of amides is 1. The molecule has 4 heterocycles. The highest BCUT2D eigenvalue weighted by atomic mass is 35.5. The number of hydrogen-bond acceptors (Lipinski definition) is 8. The molecular formula is C20H18Cl2N8O2. The van der Waals surface area contributed by atoms with Gasteiger partial charge in [0.25, 0.3) is 5.91 Å². The highest BCUT2D eigenvalue weighted by Gasteiger charge is 2.29. The maximum absolute atomic E-state index is 12.8. The van der Waals surface area contributed by atoms with E-state index in [9.17, 15) is 4.79 Å². The van der Waals surface area contributed by atoms with Crippen molar-refractivity contribution in [3.63, 3.8) is 0 Å². The Morgan fingerprint density at radius 3 is 2.88 bits per heavy atom. The Labute approximate surface area is 192 Å². The minimum Gasteiger partial charge on any atom is -0.380 e. The van der Waals surface area contributed by atoms with Gasteiger partial charge in [0.15, 0.2) is 11.6 Å². The third-order valence-corrected chi connectivity index (χ3v) is 5.95. The third-order valence-electron chi connectivity index (χ3n) is 5.35. The van der Waals surface area contributed by atoms with Crippen LogP contribution in [0.4, 0.5) is 11.6 Å². The molecule has 1 aromatic carbocycles. The molecule has 1 aliphatic heterocycles. The van der Waals surface area contributed by atoms with Crippen LogP contribution in [0, 0.1) is 6.92 Å². The first kappa shape index (κ1) is 20.5. The lowest BCUT2D eigenvalue weighted by Crippen LogP contribution is -2.37. The van der Waals surface area contributed by atoms with E-state index in [2.05, 4.69) is 25.5 Å². The monoisotopic (exact) mass is 472 g/mol. The summed E-state index contributed by atoms with van der Waals surface area (Å²) in [7, 11) is 0. The minimum atomic E-state index is -0.249. The van der Waals surface area contributed by atoms with Crippen LogP contribution in [0.25, 0.3) is 16.7 Å². The first-order valence-electron chi connectivity index (χ1n) is 9.84. The molecule has 10 nitrogen and oxygen atoms in total. The number of nitrogens with zero attached hydrogens (tertiary/aromatic N) is 6. The van der Waals surface area contributed by atoms with E-state index in [1.807, 2.05) is 4.90 Å². The van der Waals surface area contributed by atoms with Crippen molar-refractivity contribution in [2.45, 2.75) is 19.4 Å². The van der Waals surface area contributed by atoms with Gasteiger partial charge in [-0.2, -0.15) is 5.10 Å². The number of aromatic nitrogens is 5. The van der Waals surface area contributed by atoms with Gasteiger partial charge in [-0.25, -0.2) is 14.6 Å². The molecule has 1 unspecified atom stereocenters.